The lowest BCUT2D eigenvalue weighted by atomic mass is 10.0. The number of hydrogen-bond acceptors (Lipinski definition) is 3. The number of aromatic nitrogens is 3. The van der Waals surface area contributed by atoms with Crippen molar-refractivity contribution in [2.45, 2.75) is 20.8 Å². The van der Waals surface area contributed by atoms with Crippen molar-refractivity contribution in [2.24, 2.45) is 0 Å². The molecule has 1 aromatic heterocycles. The summed E-state index contributed by atoms with van der Waals surface area (Å²) in [4.78, 5) is 13.9. The van der Waals surface area contributed by atoms with Crippen molar-refractivity contribution in [1.29, 1.82) is 0 Å². The van der Waals surface area contributed by atoms with Crippen LogP contribution >= 0.6 is 0 Å². The van der Waals surface area contributed by atoms with E-state index in [2.05, 4.69) is 47.4 Å². The van der Waals surface area contributed by atoms with E-state index in [4.69, 9.17) is 4.98 Å². The zero-order valence-electron chi connectivity index (χ0n) is 18.3. The number of aryl methyl sites for hydroxylation is 1. The molecule has 31 heavy (non-hydrogen) atoms. The van der Waals surface area contributed by atoms with Gasteiger partial charge in [0, 0.05) is 11.1 Å². The maximum Gasteiger partial charge on any atom is 0.163 e. The van der Waals surface area contributed by atoms with Gasteiger partial charge in [-0.1, -0.05) is 86.0 Å². The highest BCUT2D eigenvalue weighted by Crippen LogP contribution is 2.26. The molecule has 0 unspecified atom stereocenters. The van der Waals surface area contributed by atoms with Crippen molar-refractivity contribution in [1.82, 2.24) is 15.0 Å². The third-order valence-electron chi connectivity index (χ3n) is 4.83. The van der Waals surface area contributed by atoms with Crippen LogP contribution in [0.15, 0.2) is 109 Å². The summed E-state index contributed by atoms with van der Waals surface area (Å²) in [7, 11) is 0. The van der Waals surface area contributed by atoms with Crippen LogP contribution in [-0.2, 0) is 0 Å². The molecule has 0 fully saturated rings. The predicted molar refractivity (Wildman–Crippen MR) is 131 cm³/mol. The van der Waals surface area contributed by atoms with Gasteiger partial charge in [0.2, 0.25) is 0 Å². The summed E-state index contributed by atoms with van der Waals surface area (Å²) in [6.07, 6.45) is 9.72. The molecule has 3 rings (SSSR count). The second-order valence-electron chi connectivity index (χ2n) is 7.18. The fourth-order valence-corrected chi connectivity index (χ4v) is 3.07. The van der Waals surface area contributed by atoms with E-state index in [-0.39, 0.29) is 0 Å². The number of benzene rings is 2. The lowest BCUT2D eigenvalue weighted by molar-refractivity contribution is 0.962. The van der Waals surface area contributed by atoms with Crippen molar-refractivity contribution in [3.05, 3.63) is 121 Å². The van der Waals surface area contributed by atoms with Crippen molar-refractivity contribution in [2.75, 3.05) is 0 Å². The largest absolute Gasteiger partial charge is 0.213 e. The molecule has 0 aliphatic carbocycles. The molecule has 154 valence electrons. The third kappa shape index (κ3) is 5.61. The summed E-state index contributed by atoms with van der Waals surface area (Å²) in [5.74, 6) is 1.88. The number of allylic oxidation sites excluding steroid dienone is 8. The Hall–Kier alpha value is -3.85. The molecule has 0 aliphatic rings. The van der Waals surface area contributed by atoms with Crippen LogP contribution in [0.2, 0.25) is 0 Å². The summed E-state index contributed by atoms with van der Waals surface area (Å²) in [5.41, 5.74) is 5.98. The minimum atomic E-state index is 0.586. The Balaban J connectivity index is 2.01. The van der Waals surface area contributed by atoms with Crippen molar-refractivity contribution >= 4 is 5.57 Å². The van der Waals surface area contributed by atoms with Gasteiger partial charge >= 0.3 is 0 Å². The average molecular weight is 406 g/mol. The molecule has 3 heteroatoms. The minimum absolute atomic E-state index is 0.586. The highest BCUT2D eigenvalue weighted by atomic mass is 15.0. The van der Waals surface area contributed by atoms with Gasteiger partial charge in [0.05, 0.1) is 0 Å². The molecule has 0 spiro atoms. The zero-order valence-corrected chi connectivity index (χ0v) is 18.3. The Morgan fingerprint density at radius 3 is 2.32 bits per heavy atom. The first kappa shape index (κ1) is 21.8. The Kier molecular flexibility index (Phi) is 7.23. The van der Waals surface area contributed by atoms with Gasteiger partial charge < -0.3 is 0 Å². The number of nitrogens with zero attached hydrogens (tertiary/aromatic N) is 3. The van der Waals surface area contributed by atoms with Gasteiger partial charge in [-0.05, 0) is 55.2 Å². The fourth-order valence-electron chi connectivity index (χ4n) is 3.07. The van der Waals surface area contributed by atoms with Crippen LogP contribution < -0.4 is 0 Å². The Bertz CT molecular complexity index is 1180. The first-order chi connectivity index (χ1) is 15.0. The van der Waals surface area contributed by atoms with E-state index in [0.717, 1.165) is 33.4 Å². The third-order valence-corrected chi connectivity index (χ3v) is 4.83. The first-order valence-electron chi connectivity index (χ1n) is 10.2. The van der Waals surface area contributed by atoms with Crippen LogP contribution in [0.5, 0.6) is 0 Å². The summed E-state index contributed by atoms with van der Waals surface area (Å²) >= 11 is 0. The standard InChI is InChI=1S/C28H27N3/c1-6-8-13-20(3)21(4)18-23(7-2)27-29-22(5)30-28(31-27)26-17-12-16-25(19-26)24-14-10-9-11-15-24/h6-19H,2,4H2,1,3,5H3. The van der Waals surface area contributed by atoms with Crippen molar-refractivity contribution in [3.8, 4) is 22.5 Å². The Morgan fingerprint density at radius 2 is 1.61 bits per heavy atom. The summed E-state index contributed by atoms with van der Waals surface area (Å²) in [6.45, 7) is 14.0. The monoisotopic (exact) mass is 405 g/mol. The van der Waals surface area contributed by atoms with Crippen LogP contribution in [0.1, 0.15) is 25.5 Å². The predicted octanol–water partition coefficient (Wildman–Crippen LogP) is 7.16. The summed E-state index contributed by atoms with van der Waals surface area (Å²) < 4.78 is 0. The van der Waals surface area contributed by atoms with Gasteiger partial charge in [-0.15, -0.1) is 0 Å². The smallest absolute Gasteiger partial charge is 0.163 e. The van der Waals surface area contributed by atoms with Gasteiger partial charge in [0.15, 0.2) is 11.6 Å². The minimum Gasteiger partial charge on any atom is -0.213 e. The van der Waals surface area contributed by atoms with Gasteiger partial charge in [0.1, 0.15) is 5.82 Å². The second-order valence-corrected chi connectivity index (χ2v) is 7.18. The Labute approximate surface area is 185 Å². The lowest BCUT2D eigenvalue weighted by Crippen LogP contribution is -2.02. The van der Waals surface area contributed by atoms with E-state index in [1.165, 1.54) is 0 Å². The topological polar surface area (TPSA) is 38.7 Å². The van der Waals surface area contributed by atoms with E-state index in [0.29, 0.717) is 17.5 Å². The molecule has 0 amide bonds. The molecule has 0 radical (unpaired) electrons. The molecule has 2 aromatic carbocycles. The molecule has 0 atom stereocenters. The van der Waals surface area contributed by atoms with E-state index in [1.807, 2.05) is 75.4 Å². The quantitative estimate of drug-likeness (QED) is 0.391. The van der Waals surface area contributed by atoms with Crippen LogP contribution in [0.3, 0.4) is 0 Å². The highest BCUT2D eigenvalue weighted by molar-refractivity contribution is 5.74. The fraction of sp³-hybridized carbons (Fsp3) is 0.107. The van der Waals surface area contributed by atoms with Gasteiger partial charge in [-0.25, -0.2) is 15.0 Å². The summed E-state index contributed by atoms with van der Waals surface area (Å²) in [5, 5.41) is 0. The molecule has 1 heterocycles. The van der Waals surface area contributed by atoms with E-state index >= 15 is 0 Å². The van der Waals surface area contributed by atoms with E-state index in [1.54, 1.807) is 6.08 Å². The van der Waals surface area contributed by atoms with Crippen molar-refractivity contribution < 1.29 is 0 Å². The van der Waals surface area contributed by atoms with E-state index < -0.39 is 0 Å². The molecular weight excluding hydrogens is 378 g/mol. The van der Waals surface area contributed by atoms with Crippen LogP contribution in [0.4, 0.5) is 0 Å². The lowest BCUT2D eigenvalue weighted by Gasteiger charge is -2.09. The van der Waals surface area contributed by atoms with Gasteiger partial charge in [-0.3, -0.25) is 0 Å². The van der Waals surface area contributed by atoms with Crippen molar-refractivity contribution in [3.63, 3.8) is 0 Å². The van der Waals surface area contributed by atoms with Crippen LogP contribution in [0, 0.1) is 6.92 Å². The SMILES string of the molecule is C=CC(=CC(=C)C(C)=CC=CC)c1nc(C)nc(-c2cccc(-c3ccccc3)c2)n1. The van der Waals surface area contributed by atoms with Crippen LogP contribution in [0.25, 0.3) is 28.1 Å². The Morgan fingerprint density at radius 1 is 0.903 bits per heavy atom. The first-order valence-corrected chi connectivity index (χ1v) is 10.2. The number of rotatable bonds is 7. The molecule has 0 N–H and O–H groups in total. The molecule has 0 aliphatic heterocycles. The summed E-state index contributed by atoms with van der Waals surface area (Å²) in [6, 6.07) is 18.5. The molecule has 3 nitrogen and oxygen atoms in total. The second kappa shape index (κ2) is 10.3. The molecule has 0 saturated heterocycles. The van der Waals surface area contributed by atoms with Gasteiger partial charge in [-0.2, -0.15) is 0 Å². The molecular formula is C28H27N3. The average Bonchev–Trinajstić information content (AvgIpc) is 2.81. The highest BCUT2D eigenvalue weighted by Gasteiger charge is 2.10. The normalized spacial score (nSPS) is 12.2. The number of hydrogen-bond donors (Lipinski definition) is 0. The zero-order chi connectivity index (χ0) is 22.2. The molecule has 3 aromatic rings. The molecule has 0 saturated carbocycles. The maximum absolute atomic E-state index is 4.75. The molecule has 0 bridgehead atoms. The van der Waals surface area contributed by atoms with Crippen LogP contribution in [-0.4, -0.2) is 15.0 Å². The van der Waals surface area contributed by atoms with Gasteiger partial charge in [0.25, 0.3) is 0 Å². The maximum atomic E-state index is 4.75. The van der Waals surface area contributed by atoms with E-state index in [9.17, 15) is 0 Å².